The van der Waals surface area contributed by atoms with Crippen molar-refractivity contribution in [3.63, 3.8) is 0 Å². The zero-order valence-electron chi connectivity index (χ0n) is 16.8. The molecule has 2 saturated heterocycles. The normalized spacial score (nSPS) is 23.8. The Hall–Kier alpha value is -2.08. The van der Waals surface area contributed by atoms with Crippen molar-refractivity contribution in [2.24, 2.45) is 5.92 Å². The minimum Gasteiger partial charge on any atom is -0.504 e. The highest BCUT2D eigenvalue weighted by atomic mass is 16.5. The molecule has 0 spiro atoms. The number of hydrogen-bond donors (Lipinski definition) is 3. The number of para-hydroxylation sites is 1. The van der Waals surface area contributed by atoms with E-state index < -0.39 is 0 Å². The second-order valence-electron chi connectivity index (χ2n) is 8.15. The van der Waals surface area contributed by atoms with Crippen LogP contribution in [0.1, 0.15) is 35.4 Å². The van der Waals surface area contributed by atoms with Crippen LogP contribution in [-0.2, 0) is 6.54 Å². The van der Waals surface area contributed by atoms with Gasteiger partial charge in [-0.1, -0.05) is 42.0 Å². The molecule has 2 atom stereocenters. The van der Waals surface area contributed by atoms with Crippen LogP contribution >= 0.6 is 0 Å². The molecule has 2 heterocycles. The van der Waals surface area contributed by atoms with E-state index in [-0.39, 0.29) is 5.75 Å². The van der Waals surface area contributed by atoms with E-state index in [4.69, 9.17) is 4.74 Å². The molecule has 28 heavy (non-hydrogen) atoms. The molecule has 5 nitrogen and oxygen atoms in total. The van der Waals surface area contributed by atoms with Crippen LogP contribution in [0.3, 0.4) is 0 Å². The Kier molecular flexibility index (Phi) is 5.85. The fourth-order valence-electron chi connectivity index (χ4n) is 4.76. The van der Waals surface area contributed by atoms with Crippen LogP contribution in [0.5, 0.6) is 11.5 Å². The number of aryl methyl sites for hydroxylation is 1. The maximum atomic E-state index is 10.4. The predicted molar refractivity (Wildman–Crippen MR) is 112 cm³/mol. The van der Waals surface area contributed by atoms with Crippen LogP contribution in [0.15, 0.2) is 42.5 Å². The molecule has 2 fully saturated rings. The first-order valence-corrected chi connectivity index (χ1v) is 10.3. The molecule has 0 aliphatic carbocycles. The van der Waals surface area contributed by atoms with Crippen LogP contribution in [0.25, 0.3) is 0 Å². The van der Waals surface area contributed by atoms with E-state index in [0.717, 1.165) is 31.7 Å². The summed E-state index contributed by atoms with van der Waals surface area (Å²) >= 11 is 0. The number of nitrogens with one attached hydrogen (secondary N) is 2. The van der Waals surface area contributed by atoms with Gasteiger partial charge in [-0.3, -0.25) is 15.8 Å². The minimum absolute atomic E-state index is 0.272. The van der Waals surface area contributed by atoms with Gasteiger partial charge < -0.3 is 9.84 Å². The van der Waals surface area contributed by atoms with Gasteiger partial charge in [0.1, 0.15) is 0 Å². The fourth-order valence-corrected chi connectivity index (χ4v) is 4.76. The highest BCUT2D eigenvalue weighted by Gasteiger charge is 2.36. The van der Waals surface area contributed by atoms with Crippen molar-refractivity contribution in [2.75, 3.05) is 26.7 Å². The molecule has 2 aliphatic rings. The molecule has 2 aromatic rings. The average Bonchev–Trinajstić information content (AvgIpc) is 3.20. The van der Waals surface area contributed by atoms with Gasteiger partial charge in [-0.25, -0.2) is 0 Å². The highest BCUT2D eigenvalue weighted by Crippen LogP contribution is 2.34. The maximum absolute atomic E-state index is 10.4. The minimum atomic E-state index is 0.272. The van der Waals surface area contributed by atoms with Crippen molar-refractivity contribution >= 4 is 0 Å². The Morgan fingerprint density at radius 1 is 1.14 bits per heavy atom. The Balaban J connectivity index is 1.37. The van der Waals surface area contributed by atoms with Gasteiger partial charge >= 0.3 is 0 Å². The fraction of sp³-hybridized carbons (Fsp3) is 0.478. The lowest BCUT2D eigenvalue weighted by molar-refractivity contribution is 0.150. The van der Waals surface area contributed by atoms with Crippen LogP contribution in [0, 0.1) is 12.8 Å². The molecule has 150 valence electrons. The zero-order chi connectivity index (χ0) is 19.5. The smallest absolute Gasteiger partial charge is 0.162 e. The largest absolute Gasteiger partial charge is 0.504 e. The van der Waals surface area contributed by atoms with Gasteiger partial charge in [0.25, 0.3) is 0 Å². The summed E-state index contributed by atoms with van der Waals surface area (Å²) in [5.41, 5.74) is 10.7. The van der Waals surface area contributed by atoms with Crippen LogP contribution in [-0.4, -0.2) is 42.8 Å². The third-order valence-electron chi connectivity index (χ3n) is 6.33. The Morgan fingerprint density at radius 2 is 1.93 bits per heavy atom. The van der Waals surface area contributed by atoms with E-state index in [0.29, 0.717) is 23.6 Å². The number of aromatic hydroxyl groups is 1. The number of phenolic OH excluding ortho intramolecular Hbond substituents is 1. The molecule has 0 radical (unpaired) electrons. The van der Waals surface area contributed by atoms with Gasteiger partial charge in [0.15, 0.2) is 11.5 Å². The van der Waals surface area contributed by atoms with Crippen molar-refractivity contribution in [2.45, 2.75) is 38.3 Å². The zero-order valence-corrected chi connectivity index (χ0v) is 16.8. The first kappa shape index (κ1) is 19.2. The van der Waals surface area contributed by atoms with Crippen LogP contribution in [0.4, 0.5) is 0 Å². The Morgan fingerprint density at radius 3 is 2.68 bits per heavy atom. The van der Waals surface area contributed by atoms with Crippen LogP contribution in [0.2, 0.25) is 0 Å². The number of hydrazine groups is 1. The number of piperidine rings is 1. The first-order chi connectivity index (χ1) is 13.7. The van der Waals surface area contributed by atoms with Crippen molar-refractivity contribution < 1.29 is 9.84 Å². The van der Waals surface area contributed by atoms with Gasteiger partial charge in [-0.2, -0.15) is 0 Å². The highest BCUT2D eigenvalue weighted by molar-refractivity contribution is 5.45. The average molecular weight is 382 g/mol. The lowest BCUT2D eigenvalue weighted by Crippen LogP contribution is -2.44. The molecular weight excluding hydrogens is 350 g/mol. The summed E-state index contributed by atoms with van der Waals surface area (Å²) in [5, 5.41) is 10.4. The summed E-state index contributed by atoms with van der Waals surface area (Å²) < 4.78 is 5.24. The van der Waals surface area contributed by atoms with Gasteiger partial charge in [-0.15, -0.1) is 0 Å². The molecule has 0 saturated carbocycles. The van der Waals surface area contributed by atoms with Crippen molar-refractivity contribution in [1.29, 1.82) is 0 Å². The molecule has 2 unspecified atom stereocenters. The number of likely N-dealkylation sites (tertiary alicyclic amines) is 1. The second kappa shape index (κ2) is 8.52. The van der Waals surface area contributed by atoms with E-state index in [1.807, 2.05) is 12.1 Å². The summed E-state index contributed by atoms with van der Waals surface area (Å²) in [5.74, 6) is 2.01. The monoisotopic (exact) mass is 381 g/mol. The second-order valence-corrected chi connectivity index (χ2v) is 8.15. The quantitative estimate of drug-likeness (QED) is 0.743. The Bertz CT molecular complexity index is 802. The van der Waals surface area contributed by atoms with Gasteiger partial charge in [0, 0.05) is 30.6 Å². The number of ether oxygens (including phenoxy) is 1. The van der Waals surface area contributed by atoms with Gasteiger partial charge in [0.2, 0.25) is 0 Å². The maximum Gasteiger partial charge on any atom is 0.162 e. The molecule has 0 amide bonds. The van der Waals surface area contributed by atoms with Crippen molar-refractivity contribution in [3.8, 4) is 11.5 Å². The molecular formula is C23H31N3O2. The van der Waals surface area contributed by atoms with E-state index in [2.05, 4.69) is 46.9 Å². The van der Waals surface area contributed by atoms with E-state index in [9.17, 15) is 5.11 Å². The lowest BCUT2D eigenvalue weighted by atomic mass is 9.80. The van der Waals surface area contributed by atoms with E-state index in [1.54, 1.807) is 13.2 Å². The molecule has 2 aromatic carbocycles. The summed E-state index contributed by atoms with van der Waals surface area (Å²) in [4.78, 5) is 2.44. The van der Waals surface area contributed by atoms with Crippen LogP contribution < -0.4 is 15.6 Å². The number of methoxy groups -OCH3 is 1. The Labute approximate surface area is 167 Å². The van der Waals surface area contributed by atoms with Crippen molar-refractivity contribution in [1.82, 2.24) is 15.8 Å². The third-order valence-corrected chi connectivity index (χ3v) is 6.33. The van der Waals surface area contributed by atoms with Gasteiger partial charge in [0.05, 0.1) is 7.11 Å². The number of benzene rings is 2. The van der Waals surface area contributed by atoms with Crippen molar-refractivity contribution in [3.05, 3.63) is 59.2 Å². The third kappa shape index (κ3) is 4.02. The summed E-state index contributed by atoms with van der Waals surface area (Å²) in [6.45, 7) is 6.04. The van der Waals surface area contributed by atoms with E-state index >= 15 is 0 Å². The molecule has 0 aromatic heterocycles. The predicted octanol–water partition coefficient (Wildman–Crippen LogP) is 3.18. The SMILES string of the molecule is COc1cccc(CN2CCC(C3NNCC3c3cccc(C)c3)CC2)c1O. The first-order valence-electron chi connectivity index (χ1n) is 10.3. The standard InChI is InChI=1S/C23H31N3O2/c1-16-5-3-6-18(13-16)20-14-24-25-22(20)17-9-11-26(12-10-17)15-19-7-4-8-21(28-2)23(19)27/h3-8,13,17,20,22,24-25,27H,9-12,14-15H2,1-2H3. The molecule has 3 N–H and O–H groups in total. The number of rotatable bonds is 5. The number of phenols is 1. The summed E-state index contributed by atoms with van der Waals surface area (Å²) in [6, 6.07) is 15.1. The van der Waals surface area contributed by atoms with E-state index in [1.165, 1.54) is 24.0 Å². The van der Waals surface area contributed by atoms with Gasteiger partial charge in [-0.05, 0) is 50.4 Å². The molecule has 4 rings (SSSR count). The summed E-state index contributed by atoms with van der Waals surface area (Å²) in [6.07, 6.45) is 2.35. The topological polar surface area (TPSA) is 56.8 Å². The molecule has 0 bridgehead atoms. The summed E-state index contributed by atoms with van der Waals surface area (Å²) in [7, 11) is 1.59. The number of hydrogen-bond acceptors (Lipinski definition) is 5. The number of nitrogens with zero attached hydrogens (tertiary/aromatic N) is 1. The molecule has 5 heteroatoms. The molecule has 2 aliphatic heterocycles. The lowest BCUT2D eigenvalue weighted by Gasteiger charge is -2.36.